The molecule has 11 nitrogen and oxygen atoms in total. The number of amides is 2. The van der Waals surface area contributed by atoms with Crippen molar-refractivity contribution >= 4 is 34.2 Å². The number of aryl methyl sites for hydroxylation is 2. The van der Waals surface area contributed by atoms with Gasteiger partial charge in [0, 0.05) is 50.7 Å². The number of hydrogen-bond acceptors (Lipinski definition) is 7. The Morgan fingerprint density at radius 3 is 2.62 bits per heavy atom. The SMILES string of the molecule is CCn1c(-c2nc3cc(C(=O)N4CCC[C@@H](NC(=O)OC(C)(C)C)C4)cc(OC)c3n2C)cc2nccnc21. The van der Waals surface area contributed by atoms with Gasteiger partial charge >= 0.3 is 6.09 Å². The van der Waals surface area contributed by atoms with Crippen LogP contribution in [0.3, 0.4) is 0 Å². The third kappa shape index (κ3) is 5.13. The van der Waals surface area contributed by atoms with Gasteiger partial charge in [0.15, 0.2) is 11.5 Å². The number of alkyl carbamates (subject to hydrolysis) is 1. The molecule has 3 aromatic heterocycles. The van der Waals surface area contributed by atoms with Crippen LogP contribution in [0.1, 0.15) is 50.9 Å². The second-order valence-corrected chi connectivity index (χ2v) is 10.8. The Bertz CT molecular complexity index is 1550. The lowest BCUT2D eigenvalue weighted by Gasteiger charge is -2.33. The van der Waals surface area contributed by atoms with Crippen molar-refractivity contribution in [2.75, 3.05) is 20.2 Å². The van der Waals surface area contributed by atoms with Gasteiger partial charge in [0.1, 0.15) is 22.4 Å². The van der Waals surface area contributed by atoms with Gasteiger partial charge in [-0.05, 0) is 58.7 Å². The summed E-state index contributed by atoms with van der Waals surface area (Å²) in [4.78, 5) is 41.6. The normalized spacial score (nSPS) is 16.1. The minimum Gasteiger partial charge on any atom is -0.494 e. The molecule has 5 rings (SSSR count). The van der Waals surface area contributed by atoms with Gasteiger partial charge in [-0.2, -0.15) is 0 Å². The van der Waals surface area contributed by atoms with Crippen LogP contribution in [0.2, 0.25) is 0 Å². The van der Waals surface area contributed by atoms with Gasteiger partial charge in [-0.25, -0.2) is 14.8 Å². The molecular formula is C28H35N7O4. The van der Waals surface area contributed by atoms with E-state index < -0.39 is 11.7 Å². The van der Waals surface area contributed by atoms with Crippen LogP contribution >= 0.6 is 0 Å². The Kier molecular flexibility index (Phi) is 6.92. The van der Waals surface area contributed by atoms with Crippen LogP contribution in [0.5, 0.6) is 5.75 Å². The number of fused-ring (bicyclic) bond motifs is 2. The first-order valence-corrected chi connectivity index (χ1v) is 13.2. The van der Waals surface area contributed by atoms with Crippen molar-refractivity contribution in [2.24, 2.45) is 7.05 Å². The molecule has 11 heteroatoms. The van der Waals surface area contributed by atoms with E-state index in [1.807, 2.05) is 44.5 Å². The van der Waals surface area contributed by atoms with E-state index in [1.165, 1.54) is 0 Å². The van der Waals surface area contributed by atoms with Gasteiger partial charge < -0.3 is 28.8 Å². The highest BCUT2D eigenvalue weighted by molar-refractivity contribution is 6.00. The van der Waals surface area contributed by atoms with Crippen molar-refractivity contribution in [3.8, 4) is 17.3 Å². The number of piperidine rings is 1. The number of ether oxygens (including phenoxy) is 2. The highest BCUT2D eigenvalue weighted by atomic mass is 16.6. The van der Waals surface area contributed by atoms with Crippen molar-refractivity contribution in [1.29, 1.82) is 0 Å². The fourth-order valence-corrected chi connectivity index (χ4v) is 5.23. The molecule has 4 heterocycles. The van der Waals surface area contributed by atoms with Gasteiger partial charge in [0.25, 0.3) is 5.91 Å². The molecule has 1 fully saturated rings. The van der Waals surface area contributed by atoms with E-state index in [9.17, 15) is 9.59 Å². The summed E-state index contributed by atoms with van der Waals surface area (Å²) in [6, 6.07) is 5.38. The van der Waals surface area contributed by atoms with E-state index in [-0.39, 0.29) is 11.9 Å². The molecule has 1 aliphatic heterocycles. The molecule has 2 amide bonds. The number of methoxy groups -OCH3 is 1. The number of rotatable bonds is 5. The standard InChI is InChI=1S/C28H35N7O4/c1-7-35-21(15-20-24(35)30-11-10-29-20)25-32-19-13-17(14-22(38-6)23(19)33(25)5)26(36)34-12-8-9-18(16-34)31-27(37)39-28(2,3)4/h10-11,13-15,18H,7-9,12,16H2,1-6H3,(H,31,37)/t18-/m1/s1. The Balaban J connectivity index is 1.46. The van der Waals surface area contributed by atoms with E-state index in [0.29, 0.717) is 36.5 Å². The zero-order valence-corrected chi connectivity index (χ0v) is 23.3. The number of benzene rings is 1. The Labute approximate surface area is 227 Å². The van der Waals surface area contributed by atoms with E-state index in [1.54, 1.807) is 30.5 Å². The molecule has 0 radical (unpaired) electrons. The summed E-state index contributed by atoms with van der Waals surface area (Å²) >= 11 is 0. The summed E-state index contributed by atoms with van der Waals surface area (Å²) in [5, 5.41) is 2.91. The van der Waals surface area contributed by atoms with Gasteiger partial charge in [-0.1, -0.05) is 0 Å². The zero-order valence-electron chi connectivity index (χ0n) is 23.3. The smallest absolute Gasteiger partial charge is 0.407 e. The predicted molar refractivity (Wildman–Crippen MR) is 148 cm³/mol. The molecule has 0 saturated carbocycles. The number of imidazole rings is 1. The molecule has 206 valence electrons. The van der Waals surface area contributed by atoms with Gasteiger partial charge in [-0.3, -0.25) is 9.78 Å². The first-order chi connectivity index (χ1) is 18.6. The number of carbonyl (C=O) groups excluding carboxylic acids is 2. The molecule has 39 heavy (non-hydrogen) atoms. The molecule has 0 aliphatic carbocycles. The van der Waals surface area contributed by atoms with E-state index in [2.05, 4.69) is 26.8 Å². The van der Waals surface area contributed by atoms with Crippen molar-refractivity contribution in [1.82, 2.24) is 34.3 Å². The molecule has 1 atom stereocenters. The minimum atomic E-state index is -0.583. The fourth-order valence-electron chi connectivity index (χ4n) is 5.23. The Morgan fingerprint density at radius 2 is 1.90 bits per heavy atom. The van der Waals surface area contributed by atoms with Gasteiger partial charge in [0.05, 0.1) is 18.3 Å². The number of aromatic nitrogens is 5. The van der Waals surface area contributed by atoms with Crippen LogP contribution < -0.4 is 10.1 Å². The average Bonchev–Trinajstić information content (AvgIpc) is 3.43. The third-order valence-corrected chi connectivity index (χ3v) is 6.90. The summed E-state index contributed by atoms with van der Waals surface area (Å²) in [6.45, 7) is 9.25. The van der Waals surface area contributed by atoms with Crippen LogP contribution in [0, 0.1) is 0 Å². The average molecular weight is 534 g/mol. The second-order valence-electron chi connectivity index (χ2n) is 10.8. The summed E-state index contributed by atoms with van der Waals surface area (Å²) in [6.07, 6.45) is 4.45. The number of nitrogens with one attached hydrogen (secondary N) is 1. The van der Waals surface area contributed by atoms with Crippen LogP contribution in [-0.4, -0.2) is 72.8 Å². The summed E-state index contributed by atoms with van der Waals surface area (Å²) in [5.41, 5.74) is 3.83. The van der Waals surface area contributed by atoms with Crippen LogP contribution in [0.25, 0.3) is 33.7 Å². The van der Waals surface area contributed by atoms with E-state index in [0.717, 1.165) is 41.0 Å². The molecule has 0 unspecified atom stereocenters. The molecule has 1 N–H and O–H groups in total. The quantitative estimate of drug-likeness (QED) is 0.410. The van der Waals surface area contributed by atoms with Crippen molar-refractivity contribution in [3.63, 3.8) is 0 Å². The maximum Gasteiger partial charge on any atom is 0.407 e. The molecule has 1 aromatic carbocycles. The lowest BCUT2D eigenvalue weighted by molar-refractivity contribution is 0.0452. The maximum absolute atomic E-state index is 13.6. The van der Waals surface area contributed by atoms with E-state index in [4.69, 9.17) is 14.5 Å². The summed E-state index contributed by atoms with van der Waals surface area (Å²) < 4.78 is 15.2. The topological polar surface area (TPSA) is 116 Å². The highest BCUT2D eigenvalue weighted by Gasteiger charge is 2.29. The molecule has 1 aliphatic rings. The van der Waals surface area contributed by atoms with Gasteiger partial charge in [-0.15, -0.1) is 0 Å². The summed E-state index contributed by atoms with van der Waals surface area (Å²) in [5.74, 6) is 1.16. The van der Waals surface area contributed by atoms with Crippen molar-refractivity contribution in [2.45, 2.75) is 58.7 Å². The highest BCUT2D eigenvalue weighted by Crippen LogP contribution is 2.34. The predicted octanol–water partition coefficient (Wildman–Crippen LogP) is 4.14. The third-order valence-electron chi connectivity index (χ3n) is 6.90. The van der Waals surface area contributed by atoms with Crippen molar-refractivity contribution < 1.29 is 19.1 Å². The lowest BCUT2D eigenvalue weighted by atomic mass is 10.0. The zero-order chi connectivity index (χ0) is 27.9. The second kappa shape index (κ2) is 10.2. The Hall–Kier alpha value is -4.15. The Morgan fingerprint density at radius 1 is 1.13 bits per heavy atom. The largest absolute Gasteiger partial charge is 0.494 e. The van der Waals surface area contributed by atoms with Crippen LogP contribution in [-0.2, 0) is 18.3 Å². The lowest BCUT2D eigenvalue weighted by Crippen LogP contribution is -2.50. The van der Waals surface area contributed by atoms with Crippen LogP contribution in [0.4, 0.5) is 4.79 Å². The molecule has 4 aromatic rings. The molecular weight excluding hydrogens is 498 g/mol. The fraction of sp³-hybridized carbons (Fsp3) is 0.464. The number of likely N-dealkylation sites (tertiary alicyclic amines) is 1. The molecule has 0 spiro atoms. The monoisotopic (exact) mass is 533 g/mol. The van der Waals surface area contributed by atoms with Crippen molar-refractivity contribution in [3.05, 3.63) is 36.2 Å². The van der Waals surface area contributed by atoms with Gasteiger partial charge in [0.2, 0.25) is 0 Å². The van der Waals surface area contributed by atoms with Crippen LogP contribution in [0.15, 0.2) is 30.6 Å². The first-order valence-electron chi connectivity index (χ1n) is 13.2. The number of hydrogen-bond donors (Lipinski definition) is 1. The van der Waals surface area contributed by atoms with E-state index >= 15 is 0 Å². The number of nitrogens with zero attached hydrogens (tertiary/aromatic N) is 6. The number of carbonyl (C=O) groups is 2. The first kappa shape index (κ1) is 26.5. The minimum absolute atomic E-state index is 0.130. The summed E-state index contributed by atoms with van der Waals surface area (Å²) in [7, 11) is 3.53. The molecule has 1 saturated heterocycles. The maximum atomic E-state index is 13.6. The molecule has 0 bridgehead atoms.